The lowest BCUT2D eigenvalue weighted by Gasteiger charge is -2.38. The number of primary amides is 1. The molecule has 21 nitrogen and oxygen atoms in total. The van der Waals surface area contributed by atoms with Crippen LogP contribution in [0.1, 0.15) is 94.2 Å². The molecule has 3 aromatic rings. The Morgan fingerprint density at radius 1 is 0.889 bits per heavy atom. The fourth-order valence-corrected chi connectivity index (χ4v) is 10.6. The number of nitrogens with one attached hydrogen (secondary N) is 3. The van der Waals surface area contributed by atoms with Gasteiger partial charge in [-0.3, -0.25) is 48.0 Å². The summed E-state index contributed by atoms with van der Waals surface area (Å²) in [7, 11) is -1.72. The van der Waals surface area contributed by atoms with E-state index in [1.54, 1.807) is 28.6 Å². The predicted octanol–water partition coefficient (Wildman–Crippen LogP) is 1.08. The number of hydrogen-bond donors (Lipinski definition) is 6. The van der Waals surface area contributed by atoms with Gasteiger partial charge in [0.2, 0.25) is 41.4 Å². The molecule has 8 N–H and O–H groups in total. The highest BCUT2D eigenvalue weighted by Gasteiger charge is 2.45. The van der Waals surface area contributed by atoms with E-state index >= 15 is 0 Å². The zero-order valence-electron chi connectivity index (χ0n) is 39.8. The first kappa shape index (κ1) is 54.7. The smallest absolute Gasteiger partial charge is 0.475 e. The van der Waals surface area contributed by atoms with Crippen molar-refractivity contribution in [3.63, 3.8) is 0 Å². The molecule has 7 rings (SSSR count). The second-order valence-corrected chi connectivity index (χ2v) is 21.0. The van der Waals surface area contributed by atoms with Crippen molar-refractivity contribution in [2.45, 2.75) is 131 Å². The molecule has 1 aromatic heterocycles. The minimum absolute atomic E-state index is 0.00955. The van der Waals surface area contributed by atoms with Crippen molar-refractivity contribution in [1.29, 1.82) is 0 Å². The largest absolute Gasteiger partial charge is 0.490 e. The molecule has 0 spiro atoms. The number of fused-ring (bicyclic) bond motifs is 2. The fourth-order valence-electron chi connectivity index (χ4n) is 9.99. The lowest BCUT2D eigenvalue weighted by atomic mass is 9.78. The van der Waals surface area contributed by atoms with Crippen LogP contribution in [0.2, 0.25) is 0 Å². The van der Waals surface area contributed by atoms with Crippen LogP contribution in [0.5, 0.6) is 0 Å². The van der Waals surface area contributed by atoms with Crippen LogP contribution in [-0.2, 0) is 68.2 Å². The van der Waals surface area contributed by atoms with E-state index < -0.39 is 75.7 Å². The monoisotopic (exact) mass is 1030 g/mol. The Morgan fingerprint density at radius 3 is 2.14 bits per heavy atom. The topological polar surface area (TPSA) is 312 Å². The van der Waals surface area contributed by atoms with Crippen molar-refractivity contribution in [3.05, 3.63) is 64.1 Å². The number of aromatic nitrogens is 2. The maximum atomic E-state index is 13.9. The van der Waals surface area contributed by atoms with E-state index in [0.717, 1.165) is 49.4 Å². The number of imidazole rings is 1. The first-order valence-electron chi connectivity index (χ1n) is 23.7. The third kappa shape index (κ3) is 13.5. The quantitative estimate of drug-likeness (QED) is 0.123. The average molecular weight is 1030 g/mol. The molecule has 25 heteroatoms. The van der Waals surface area contributed by atoms with Crippen LogP contribution in [0.25, 0.3) is 11.0 Å². The van der Waals surface area contributed by atoms with Crippen molar-refractivity contribution in [2.75, 3.05) is 19.3 Å². The highest BCUT2D eigenvalue weighted by atomic mass is 32.2. The van der Waals surface area contributed by atoms with E-state index in [4.69, 9.17) is 21.4 Å². The number of carbonyl (C=O) groups excluding carboxylic acids is 7. The summed E-state index contributed by atoms with van der Waals surface area (Å²) >= 11 is 0. The number of sulfone groups is 1. The molecule has 0 bridgehead atoms. The normalized spacial score (nSPS) is 23.2. The highest BCUT2D eigenvalue weighted by molar-refractivity contribution is 7.90. The number of aliphatic carboxylic acids is 1. The number of alkyl halides is 3. The Kier molecular flexibility index (Phi) is 17.4. The van der Waals surface area contributed by atoms with Crippen LogP contribution in [0.3, 0.4) is 0 Å². The SMILES string of the molecule is Cn1c(=O)n(C2CCC(=O)NC2=O)c2ccc(CC3CCC(CC(=O)N4CC[C@H]5CC[C@@H](C(=O)N[C@@H](CCC(N)=O)C(=O)NCc6ccc(S(C)(=O)=O)cc6)N5C(=O)[C@@H](N)C4)CC3)cc21.O=C(O)C(F)(F)F. The maximum absolute atomic E-state index is 13.9. The first-order valence-corrected chi connectivity index (χ1v) is 25.6. The van der Waals surface area contributed by atoms with Crippen LogP contribution in [-0.4, -0.2) is 129 Å². The Bertz CT molecular complexity index is 2750. The number of piperidine rings is 1. The number of hydrogen-bond acceptors (Lipinski definition) is 12. The number of halogens is 3. The van der Waals surface area contributed by atoms with E-state index in [1.807, 2.05) is 18.2 Å². The van der Waals surface area contributed by atoms with Gasteiger partial charge in [-0.15, -0.1) is 0 Å². The molecule has 7 amide bonds. The molecule has 4 heterocycles. The molecule has 72 heavy (non-hydrogen) atoms. The molecular formula is C47H60F3N9O12S. The van der Waals surface area contributed by atoms with Gasteiger partial charge in [0.05, 0.1) is 15.9 Å². The van der Waals surface area contributed by atoms with Crippen molar-refractivity contribution in [3.8, 4) is 0 Å². The van der Waals surface area contributed by atoms with Crippen LogP contribution in [0, 0.1) is 11.8 Å². The molecular weight excluding hydrogens is 972 g/mol. The van der Waals surface area contributed by atoms with Crippen LogP contribution >= 0.6 is 0 Å². The third-order valence-corrected chi connectivity index (χ3v) is 15.0. The summed E-state index contributed by atoms with van der Waals surface area (Å²) in [6.07, 6.45) is 2.21. The van der Waals surface area contributed by atoms with E-state index in [-0.39, 0.29) is 73.1 Å². The molecule has 3 saturated heterocycles. The first-order chi connectivity index (χ1) is 33.8. The van der Waals surface area contributed by atoms with Gasteiger partial charge in [-0.2, -0.15) is 13.2 Å². The van der Waals surface area contributed by atoms with Crippen molar-refractivity contribution < 1.29 is 65.1 Å². The van der Waals surface area contributed by atoms with Gasteiger partial charge in [0.15, 0.2) is 9.84 Å². The van der Waals surface area contributed by atoms with Gasteiger partial charge in [0.25, 0.3) is 0 Å². The number of rotatable bonds is 14. The average Bonchev–Trinajstić information content (AvgIpc) is 3.84. The number of nitrogens with zero attached hydrogens (tertiary/aromatic N) is 4. The van der Waals surface area contributed by atoms with Gasteiger partial charge in [-0.1, -0.05) is 18.2 Å². The van der Waals surface area contributed by atoms with Crippen LogP contribution < -0.4 is 33.1 Å². The van der Waals surface area contributed by atoms with Crippen molar-refractivity contribution in [2.24, 2.45) is 30.4 Å². The molecule has 392 valence electrons. The zero-order valence-corrected chi connectivity index (χ0v) is 40.6. The summed E-state index contributed by atoms with van der Waals surface area (Å²) in [4.78, 5) is 116. The molecule has 4 aliphatic rings. The van der Waals surface area contributed by atoms with Gasteiger partial charge in [0, 0.05) is 58.2 Å². The number of carboxylic acids is 1. The lowest BCUT2D eigenvalue weighted by molar-refractivity contribution is -0.192. The minimum atomic E-state index is -5.08. The summed E-state index contributed by atoms with van der Waals surface area (Å²) in [6, 6.07) is 7.66. The van der Waals surface area contributed by atoms with Gasteiger partial charge in [-0.25, -0.2) is 18.0 Å². The Labute approximate surface area is 412 Å². The van der Waals surface area contributed by atoms with Gasteiger partial charge < -0.3 is 37.0 Å². The predicted molar refractivity (Wildman–Crippen MR) is 251 cm³/mol. The second kappa shape index (κ2) is 22.8. The maximum Gasteiger partial charge on any atom is 0.490 e. The summed E-state index contributed by atoms with van der Waals surface area (Å²) in [6.45, 7) is 0.411. The van der Waals surface area contributed by atoms with E-state index in [0.29, 0.717) is 49.2 Å². The fraction of sp³-hybridized carbons (Fsp3) is 0.553. The third-order valence-electron chi connectivity index (χ3n) is 13.9. The lowest BCUT2D eigenvalue weighted by Crippen LogP contribution is -2.60. The molecule has 1 unspecified atom stereocenters. The van der Waals surface area contributed by atoms with E-state index in [1.165, 1.54) is 21.6 Å². The van der Waals surface area contributed by atoms with Gasteiger partial charge in [0.1, 0.15) is 24.2 Å². The standard InChI is InChI=1S/C45H59N9O10S.C2HF3O2/c1-51-37-22-29(9-14-34(37)54(45(51)62)36-16-18-39(56)50-43(36)60)21-26-3-5-27(6-4-26)23-40(57)52-20-19-30-10-15-35(53(30)44(61)32(46)25-52)42(59)49-33(13-17-38(47)55)41(58)48-24-28-7-11-31(12-8-28)65(2,63)64;3-2(4,5)1(6)7/h7-9,11-12,14,22,26-27,30,32-33,35-36H,3-6,10,13,15-21,23-25,46H2,1-2H3,(H2,47,55)(H,48,58)(H,49,59)(H,50,56,60);(H,6,7)/t26?,27?,30-,32+,33+,35+,36?;/m1./s1. The van der Waals surface area contributed by atoms with Gasteiger partial charge in [-0.05, 0) is 111 Å². The molecule has 4 fully saturated rings. The summed E-state index contributed by atoms with van der Waals surface area (Å²) in [5.74, 6) is -5.30. The van der Waals surface area contributed by atoms with Gasteiger partial charge >= 0.3 is 17.8 Å². The molecule has 3 aliphatic heterocycles. The van der Waals surface area contributed by atoms with Crippen LogP contribution in [0.4, 0.5) is 13.2 Å². The number of amides is 7. The molecule has 0 radical (unpaired) electrons. The number of aryl methyl sites for hydroxylation is 1. The molecule has 1 aliphatic carbocycles. The summed E-state index contributed by atoms with van der Waals surface area (Å²) < 4.78 is 58.4. The molecule has 5 atom stereocenters. The van der Waals surface area contributed by atoms with Crippen LogP contribution in [0.15, 0.2) is 52.2 Å². The Morgan fingerprint density at radius 2 is 1.53 bits per heavy atom. The number of nitrogens with two attached hydrogens (primary N) is 2. The Hall–Kier alpha value is -6.63. The second-order valence-electron chi connectivity index (χ2n) is 19.0. The highest BCUT2D eigenvalue weighted by Crippen LogP contribution is 2.35. The van der Waals surface area contributed by atoms with Crippen molar-refractivity contribution in [1.82, 2.24) is 34.9 Å². The number of imide groups is 1. The number of carbonyl (C=O) groups is 8. The minimum Gasteiger partial charge on any atom is -0.475 e. The van der Waals surface area contributed by atoms with E-state index in [2.05, 4.69) is 16.0 Å². The Balaban J connectivity index is 0.00000113. The number of carboxylic acid groups (broad SMARTS) is 1. The van der Waals surface area contributed by atoms with Crippen molar-refractivity contribution >= 4 is 68.2 Å². The molecule has 2 aromatic carbocycles. The summed E-state index contributed by atoms with van der Waals surface area (Å²) in [5.41, 5.74) is 14.6. The van der Waals surface area contributed by atoms with E-state index in [9.17, 15) is 59.9 Å². The summed E-state index contributed by atoms with van der Waals surface area (Å²) in [5, 5.41) is 14.9. The zero-order chi connectivity index (χ0) is 52.8. The number of benzene rings is 2. The molecule has 1 saturated carbocycles.